The highest BCUT2D eigenvalue weighted by Crippen LogP contribution is 2.30. The lowest BCUT2D eigenvalue weighted by atomic mass is 10.2. The monoisotopic (exact) mass is 410 g/mol. The molecule has 1 aromatic heterocycles. The van der Waals surface area contributed by atoms with E-state index in [1.807, 2.05) is 0 Å². The fraction of sp³-hybridized carbons (Fsp3) is 0.333. The molecule has 0 spiro atoms. The normalized spacial score (nSPS) is 13.5. The van der Waals surface area contributed by atoms with Crippen LogP contribution in [-0.4, -0.2) is 35.3 Å². The van der Waals surface area contributed by atoms with Crippen LogP contribution in [0.5, 0.6) is 11.5 Å². The van der Waals surface area contributed by atoms with Gasteiger partial charge < -0.3 is 14.8 Å². The second-order valence-corrected chi connectivity index (χ2v) is 6.23. The Labute approximate surface area is 163 Å². The van der Waals surface area contributed by atoms with Crippen LogP contribution in [0.3, 0.4) is 0 Å². The highest BCUT2D eigenvalue weighted by atomic mass is 19.4. The zero-order chi connectivity index (χ0) is 21.0. The van der Waals surface area contributed by atoms with Crippen molar-refractivity contribution in [2.75, 3.05) is 12.4 Å². The van der Waals surface area contributed by atoms with E-state index in [1.54, 1.807) is 0 Å². The number of anilines is 1. The highest BCUT2D eigenvalue weighted by molar-refractivity contribution is 5.94. The maximum atomic E-state index is 12.3. The summed E-state index contributed by atoms with van der Waals surface area (Å²) < 4.78 is 45.9. The van der Waals surface area contributed by atoms with Gasteiger partial charge in [-0.1, -0.05) is 0 Å². The van der Waals surface area contributed by atoms with Crippen LogP contribution in [0.2, 0.25) is 0 Å². The van der Waals surface area contributed by atoms with Crippen LogP contribution in [0.15, 0.2) is 30.5 Å². The third-order valence-corrected chi connectivity index (χ3v) is 4.00. The van der Waals surface area contributed by atoms with Crippen LogP contribution >= 0.6 is 0 Å². The molecule has 0 aliphatic heterocycles. The molecule has 0 bridgehead atoms. The number of halogens is 3. The lowest BCUT2D eigenvalue weighted by Gasteiger charge is -2.13. The minimum Gasteiger partial charge on any atom is -0.496 e. The second kappa shape index (κ2) is 8.33. The lowest BCUT2D eigenvalue weighted by molar-refractivity contribution is -0.274. The quantitative estimate of drug-likeness (QED) is 0.728. The molecule has 1 aromatic carbocycles. The molecule has 0 unspecified atom stereocenters. The van der Waals surface area contributed by atoms with Crippen molar-refractivity contribution >= 4 is 17.8 Å². The number of rotatable bonds is 7. The first kappa shape index (κ1) is 20.4. The van der Waals surface area contributed by atoms with E-state index in [-0.39, 0.29) is 35.8 Å². The number of alkyl halides is 3. The van der Waals surface area contributed by atoms with Crippen molar-refractivity contribution in [1.29, 1.82) is 0 Å². The maximum Gasteiger partial charge on any atom is 0.573 e. The molecule has 1 saturated carbocycles. The summed E-state index contributed by atoms with van der Waals surface area (Å²) in [6.07, 6.45) is -1.84. The van der Waals surface area contributed by atoms with Gasteiger partial charge in [0.15, 0.2) is 0 Å². The summed E-state index contributed by atoms with van der Waals surface area (Å²) in [6, 6.07) is 4.92. The van der Waals surface area contributed by atoms with Crippen LogP contribution in [0, 0.1) is 5.92 Å². The van der Waals surface area contributed by atoms with Crippen molar-refractivity contribution in [3.05, 3.63) is 41.7 Å². The van der Waals surface area contributed by atoms with Crippen molar-refractivity contribution in [2.24, 2.45) is 5.92 Å². The number of carbonyl (C=O) groups is 2. The number of nitrogens with one attached hydrogen (secondary N) is 2. The van der Waals surface area contributed by atoms with E-state index >= 15 is 0 Å². The number of carbonyl (C=O) groups excluding carboxylic acids is 2. The Kier molecular flexibility index (Phi) is 5.85. The Hall–Kier alpha value is -3.37. The van der Waals surface area contributed by atoms with E-state index in [9.17, 15) is 22.8 Å². The van der Waals surface area contributed by atoms with E-state index < -0.39 is 18.0 Å². The van der Waals surface area contributed by atoms with Gasteiger partial charge in [-0.3, -0.25) is 14.9 Å². The Balaban J connectivity index is 1.63. The molecule has 8 nitrogen and oxygen atoms in total. The van der Waals surface area contributed by atoms with Gasteiger partial charge in [-0.25, -0.2) is 9.97 Å². The third kappa shape index (κ3) is 5.80. The predicted molar refractivity (Wildman–Crippen MR) is 94.2 cm³/mol. The summed E-state index contributed by atoms with van der Waals surface area (Å²) in [5, 5.41) is 5.14. The van der Waals surface area contributed by atoms with E-state index in [4.69, 9.17) is 4.74 Å². The minimum atomic E-state index is -4.82. The molecule has 2 amide bonds. The molecule has 1 aliphatic rings. The molecule has 3 rings (SSSR count). The van der Waals surface area contributed by atoms with E-state index in [0.29, 0.717) is 5.56 Å². The number of hydrogen-bond acceptors (Lipinski definition) is 6. The number of hydrogen-bond donors (Lipinski definition) is 2. The molecular weight excluding hydrogens is 393 g/mol. The van der Waals surface area contributed by atoms with Crippen molar-refractivity contribution in [3.8, 4) is 11.5 Å². The van der Waals surface area contributed by atoms with E-state index in [0.717, 1.165) is 25.0 Å². The molecule has 2 N–H and O–H groups in total. The van der Waals surface area contributed by atoms with Gasteiger partial charge in [0.25, 0.3) is 5.91 Å². The molecule has 1 heterocycles. The molecule has 1 fully saturated rings. The number of methoxy groups -OCH3 is 1. The lowest BCUT2D eigenvalue weighted by Crippen LogP contribution is -2.25. The first-order chi connectivity index (χ1) is 13.7. The molecule has 0 radical (unpaired) electrons. The van der Waals surface area contributed by atoms with Crippen LogP contribution in [0.4, 0.5) is 19.1 Å². The molecule has 154 valence electrons. The Bertz CT molecular complexity index is 916. The van der Waals surface area contributed by atoms with Gasteiger partial charge in [-0.15, -0.1) is 13.2 Å². The average molecular weight is 410 g/mol. The van der Waals surface area contributed by atoms with E-state index in [1.165, 1.54) is 25.4 Å². The molecular formula is C18H17F3N4O4. The van der Waals surface area contributed by atoms with Gasteiger partial charge >= 0.3 is 6.36 Å². The summed E-state index contributed by atoms with van der Waals surface area (Å²) >= 11 is 0. The SMILES string of the molecule is COc1cc(OC(F)(F)F)ccc1CNC(=O)c1ccnc(NC(=O)C2CC2)n1. The molecule has 11 heteroatoms. The smallest absolute Gasteiger partial charge is 0.496 e. The Morgan fingerprint density at radius 3 is 2.66 bits per heavy atom. The number of nitrogens with zero attached hydrogens (tertiary/aromatic N) is 2. The highest BCUT2D eigenvalue weighted by Gasteiger charge is 2.31. The van der Waals surface area contributed by atoms with Crippen molar-refractivity contribution in [3.63, 3.8) is 0 Å². The molecule has 2 aromatic rings. The third-order valence-electron chi connectivity index (χ3n) is 4.00. The largest absolute Gasteiger partial charge is 0.573 e. The number of benzene rings is 1. The summed E-state index contributed by atoms with van der Waals surface area (Å²) in [5.41, 5.74) is 0.466. The van der Waals surface area contributed by atoms with Gasteiger partial charge in [0.05, 0.1) is 7.11 Å². The molecule has 0 saturated heterocycles. The second-order valence-electron chi connectivity index (χ2n) is 6.23. The Morgan fingerprint density at radius 2 is 2.00 bits per heavy atom. The van der Waals surface area contributed by atoms with Crippen molar-refractivity contribution in [1.82, 2.24) is 15.3 Å². The standard InChI is InChI=1S/C18H17F3N4O4/c1-28-14-8-12(29-18(19,20)21)5-4-11(14)9-23-16(27)13-6-7-22-17(24-13)25-15(26)10-2-3-10/h4-8,10H,2-3,9H2,1H3,(H,23,27)(H,22,24,25,26). The molecule has 1 aliphatic carbocycles. The number of amides is 2. The zero-order valence-electron chi connectivity index (χ0n) is 15.2. The van der Waals surface area contributed by atoms with Crippen LogP contribution < -0.4 is 20.1 Å². The van der Waals surface area contributed by atoms with Gasteiger partial charge in [0, 0.05) is 30.3 Å². The number of aromatic nitrogens is 2. The topological polar surface area (TPSA) is 102 Å². The summed E-state index contributed by atoms with van der Waals surface area (Å²) in [4.78, 5) is 32.0. The van der Waals surface area contributed by atoms with E-state index in [2.05, 4.69) is 25.3 Å². The summed E-state index contributed by atoms with van der Waals surface area (Å²) in [7, 11) is 1.29. The van der Waals surface area contributed by atoms with Crippen molar-refractivity contribution < 1.29 is 32.2 Å². The zero-order valence-corrected chi connectivity index (χ0v) is 15.2. The van der Waals surface area contributed by atoms with Crippen LogP contribution in [0.25, 0.3) is 0 Å². The molecule has 29 heavy (non-hydrogen) atoms. The average Bonchev–Trinajstić information content (AvgIpc) is 3.51. The maximum absolute atomic E-state index is 12.3. The van der Waals surface area contributed by atoms with Crippen LogP contribution in [-0.2, 0) is 11.3 Å². The van der Waals surface area contributed by atoms with Gasteiger partial charge in [-0.2, -0.15) is 0 Å². The summed E-state index contributed by atoms with van der Waals surface area (Å²) in [5.74, 6) is -1.06. The van der Waals surface area contributed by atoms with Crippen molar-refractivity contribution in [2.45, 2.75) is 25.7 Å². The fourth-order valence-corrected chi connectivity index (χ4v) is 2.44. The Morgan fingerprint density at radius 1 is 1.24 bits per heavy atom. The number of ether oxygens (including phenoxy) is 2. The van der Waals surface area contributed by atoms with Gasteiger partial charge in [0.2, 0.25) is 11.9 Å². The minimum absolute atomic E-state index is 0.0257. The van der Waals surface area contributed by atoms with Crippen LogP contribution in [0.1, 0.15) is 28.9 Å². The molecule has 0 atom stereocenters. The van der Waals surface area contributed by atoms with Gasteiger partial charge in [0.1, 0.15) is 17.2 Å². The first-order valence-corrected chi connectivity index (χ1v) is 8.60. The van der Waals surface area contributed by atoms with Gasteiger partial charge in [-0.05, 0) is 31.0 Å². The fourth-order valence-electron chi connectivity index (χ4n) is 2.44. The predicted octanol–water partition coefficient (Wildman–Crippen LogP) is 2.66. The summed E-state index contributed by atoms with van der Waals surface area (Å²) in [6.45, 7) is -0.0257. The first-order valence-electron chi connectivity index (χ1n) is 8.60.